The van der Waals surface area contributed by atoms with Gasteiger partial charge < -0.3 is 10.8 Å². The van der Waals surface area contributed by atoms with E-state index in [0.29, 0.717) is 5.82 Å². The van der Waals surface area contributed by atoms with Crippen molar-refractivity contribution >= 4 is 0 Å². The number of hydrogen-bond acceptors (Lipinski definition) is 4. The predicted octanol–water partition coefficient (Wildman–Crippen LogP) is 0.568. The van der Waals surface area contributed by atoms with Crippen LogP contribution in [0.15, 0.2) is 30.3 Å². The number of nitrogens with zero attached hydrogens (tertiary/aromatic N) is 3. The summed E-state index contributed by atoms with van der Waals surface area (Å²) < 4.78 is 1.80. The Hall–Kier alpha value is -1.72. The number of benzene rings is 1. The summed E-state index contributed by atoms with van der Waals surface area (Å²) in [5, 5.41) is 17.6. The molecule has 2 aromatic rings. The Kier molecular flexibility index (Phi) is 2.98. The van der Waals surface area contributed by atoms with E-state index in [-0.39, 0.29) is 6.54 Å². The highest BCUT2D eigenvalue weighted by Gasteiger charge is 2.16. The van der Waals surface area contributed by atoms with Gasteiger partial charge in [-0.2, -0.15) is 0 Å². The largest absolute Gasteiger partial charge is 0.384 e. The Morgan fingerprint density at radius 2 is 2.00 bits per heavy atom. The Morgan fingerprint density at radius 1 is 1.31 bits per heavy atom. The molecule has 0 spiro atoms. The third kappa shape index (κ3) is 1.82. The molecule has 84 valence electrons. The molecule has 0 radical (unpaired) electrons. The first-order chi connectivity index (χ1) is 7.74. The van der Waals surface area contributed by atoms with Crippen LogP contribution in [0.5, 0.6) is 0 Å². The van der Waals surface area contributed by atoms with Crippen molar-refractivity contribution in [3.05, 3.63) is 42.0 Å². The highest BCUT2D eigenvalue weighted by atomic mass is 16.3. The summed E-state index contributed by atoms with van der Waals surface area (Å²) in [7, 11) is 0. The van der Waals surface area contributed by atoms with Gasteiger partial charge in [-0.15, -0.1) is 10.2 Å². The smallest absolute Gasteiger partial charge is 0.167 e. The van der Waals surface area contributed by atoms with Crippen molar-refractivity contribution < 1.29 is 5.11 Å². The van der Waals surface area contributed by atoms with E-state index in [1.165, 1.54) is 0 Å². The fourth-order valence-electron chi connectivity index (χ4n) is 1.60. The van der Waals surface area contributed by atoms with E-state index in [0.717, 1.165) is 11.5 Å². The van der Waals surface area contributed by atoms with Crippen molar-refractivity contribution in [3.63, 3.8) is 0 Å². The van der Waals surface area contributed by atoms with Crippen molar-refractivity contribution in [2.75, 3.05) is 6.54 Å². The van der Waals surface area contributed by atoms with Gasteiger partial charge in [-0.05, 0) is 19.1 Å². The summed E-state index contributed by atoms with van der Waals surface area (Å²) in [6.45, 7) is 1.97. The number of rotatable bonds is 3. The molecule has 0 amide bonds. The number of nitrogens with two attached hydrogens (primary N) is 1. The van der Waals surface area contributed by atoms with Gasteiger partial charge in [-0.25, -0.2) is 0 Å². The van der Waals surface area contributed by atoms with Gasteiger partial charge in [0.1, 0.15) is 11.9 Å². The highest BCUT2D eigenvalue weighted by molar-refractivity contribution is 5.34. The third-order valence-electron chi connectivity index (χ3n) is 2.39. The molecule has 0 bridgehead atoms. The minimum atomic E-state index is -0.790. The minimum Gasteiger partial charge on any atom is -0.384 e. The van der Waals surface area contributed by atoms with Crippen LogP contribution < -0.4 is 5.73 Å². The summed E-state index contributed by atoms with van der Waals surface area (Å²) in [5.74, 6) is 1.21. The summed E-state index contributed by atoms with van der Waals surface area (Å²) in [4.78, 5) is 0. The van der Waals surface area contributed by atoms with E-state index < -0.39 is 6.10 Å². The van der Waals surface area contributed by atoms with Crippen molar-refractivity contribution in [1.29, 1.82) is 0 Å². The van der Waals surface area contributed by atoms with Crippen LogP contribution in [0.25, 0.3) is 5.69 Å². The van der Waals surface area contributed by atoms with Gasteiger partial charge >= 0.3 is 0 Å². The molecule has 5 heteroatoms. The molecule has 0 fully saturated rings. The van der Waals surface area contributed by atoms with Crippen LogP contribution in [-0.4, -0.2) is 26.4 Å². The Bertz CT molecular complexity index is 466. The molecule has 0 aliphatic rings. The fraction of sp³-hybridized carbons (Fsp3) is 0.273. The first-order valence-electron chi connectivity index (χ1n) is 5.09. The van der Waals surface area contributed by atoms with Crippen LogP contribution in [0.4, 0.5) is 0 Å². The number of aromatic nitrogens is 3. The molecule has 1 aromatic heterocycles. The summed E-state index contributed by atoms with van der Waals surface area (Å²) in [6.07, 6.45) is -0.790. The molecule has 2 rings (SSSR count). The van der Waals surface area contributed by atoms with E-state index in [2.05, 4.69) is 10.2 Å². The van der Waals surface area contributed by atoms with Crippen LogP contribution in [0, 0.1) is 6.92 Å². The van der Waals surface area contributed by atoms with E-state index in [1.54, 1.807) is 4.57 Å². The maximum absolute atomic E-state index is 9.74. The average Bonchev–Trinajstić information content (AvgIpc) is 2.71. The van der Waals surface area contributed by atoms with Gasteiger partial charge in [-0.1, -0.05) is 18.2 Å². The third-order valence-corrected chi connectivity index (χ3v) is 2.39. The summed E-state index contributed by atoms with van der Waals surface area (Å²) in [6, 6.07) is 9.65. The van der Waals surface area contributed by atoms with Crippen molar-refractivity contribution in [1.82, 2.24) is 14.8 Å². The number of aliphatic hydroxyl groups excluding tert-OH is 1. The zero-order chi connectivity index (χ0) is 11.5. The predicted molar refractivity (Wildman–Crippen MR) is 60.1 cm³/mol. The van der Waals surface area contributed by atoms with Gasteiger partial charge in [0.2, 0.25) is 0 Å². The first kappa shape index (κ1) is 10.8. The first-order valence-corrected chi connectivity index (χ1v) is 5.09. The Morgan fingerprint density at radius 3 is 2.62 bits per heavy atom. The molecule has 1 heterocycles. The topological polar surface area (TPSA) is 77.0 Å². The van der Waals surface area contributed by atoms with Crippen LogP contribution in [-0.2, 0) is 0 Å². The second-order valence-electron chi connectivity index (χ2n) is 3.53. The molecule has 1 aromatic carbocycles. The highest BCUT2D eigenvalue weighted by Crippen LogP contribution is 2.17. The molecule has 3 N–H and O–H groups in total. The molecule has 5 nitrogen and oxygen atoms in total. The normalized spacial score (nSPS) is 12.7. The maximum atomic E-state index is 9.74. The van der Waals surface area contributed by atoms with Crippen LogP contribution in [0.3, 0.4) is 0 Å². The van der Waals surface area contributed by atoms with Crippen LogP contribution in [0.1, 0.15) is 17.8 Å². The fourth-order valence-corrected chi connectivity index (χ4v) is 1.60. The van der Waals surface area contributed by atoms with Gasteiger partial charge in [0, 0.05) is 12.2 Å². The molecule has 0 aliphatic carbocycles. The number of hydrogen-bond donors (Lipinski definition) is 2. The lowest BCUT2D eigenvalue weighted by Crippen LogP contribution is -2.16. The lowest BCUT2D eigenvalue weighted by molar-refractivity contribution is 0.174. The molecular formula is C11H14N4O. The molecule has 0 saturated carbocycles. The molecule has 0 saturated heterocycles. The minimum absolute atomic E-state index is 0.130. The number of para-hydroxylation sites is 1. The van der Waals surface area contributed by atoms with E-state index in [4.69, 9.17) is 5.73 Å². The number of aryl methyl sites for hydroxylation is 1. The van der Waals surface area contributed by atoms with Crippen molar-refractivity contribution in [2.45, 2.75) is 13.0 Å². The number of aliphatic hydroxyl groups is 1. The zero-order valence-corrected chi connectivity index (χ0v) is 9.04. The van der Waals surface area contributed by atoms with Gasteiger partial charge in [0.15, 0.2) is 5.82 Å². The molecule has 1 atom stereocenters. The zero-order valence-electron chi connectivity index (χ0n) is 9.04. The maximum Gasteiger partial charge on any atom is 0.167 e. The lowest BCUT2D eigenvalue weighted by atomic mass is 10.3. The van der Waals surface area contributed by atoms with Crippen molar-refractivity contribution in [3.8, 4) is 5.69 Å². The molecular weight excluding hydrogens is 204 g/mol. The molecule has 0 aliphatic heterocycles. The SMILES string of the molecule is Cc1nnc(C(O)CN)n1-c1ccccc1. The van der Waals surface area contributed by atoms with Gasteiger partial charge in [0.25, 0.3) is 0 Å². The second-order valence-corrected chi connectivity index (χ2v) is 3.53. The lowest BCUT2D eigenvalue weighted by Gasteiger charge is -2.11. The Labute approximate surface area is 93.5 Å². The van der Waals surface area contributed by atoms with Crippen LogP contribution >= 0.6 is 0 Å². The van der Waals surface area contributed by atoms with Gasteiger partial charge in [0.05, 0.1) is 0 Å². The Balaban J connectivity index is 2.52. The summed E-state index contributed by atoms with van der Waals surface area (Å²) >= 11 is 0. The standard InChI is InChI=1S/C11H14N4O/c1-8-13-14-11(10(16)7-12)15(8)9-5-3-2-4-6-9/h2-6,10,16H,7,12H2,1H3. The molecule has 1 unspecified atom stereocenters. The molecule has 16 heavy (non-hydrogen) atoms. The van der Waals surface area contributed by atoms with Crippen LogP contribution in [0.2, 0.25) is 0 Å². The van der Waals surface area contributed by atoms with Crippen molar-refractivity contribution in [2.24, 2.45) is 5.73 Å². The second kappa shape index (κ2) is 4.42. The van der Waals surface area contributed by atoms with E-state index >= 15 is 0 Å². The van der Waals surface area contributed by atoms with E-state index in [1.807, 2.05) is 37.3 Å². The quantitative estimate of drug-likeness (QED) is 0.789. The monoisotopic (exact) mass is 218 g/mol. The van der Waals surface area contributed by atoms with E-state index in [9.17, 15) is 5.11 Å². The average molecular weight is 218 g/mol. The van der Waals surface area contributed by atoms with Gasteiger partial charge in [-0.3, -0.25) is 4.57 Å². The summed E-state index contributed by atoms with van der Waals surface area (Å²) in [5.41, 5.74) is 6.35.